The third-order valence-corrected chi connectivity index (χ3v) is 2.76. The van der Waals surface area contributed by atoms with Gasteiger partial charge in [-0.25, -0.2) is 0 Å². The molecule has 0 amide bonds. The molecule has 0 unspecified atom stereocenters. The van der Waals surface area contributed by atoms with E-state index >= 15 is 0 Å². The normalized spacial score (nSPS) is 11.6. The van der Waals surface area contributed by atoms with Gasteiger partial charge in [0.2, 0.25) is 0 Å². The van der Waals surface area contributed by atoms with Crippen molar-refractivity contribution in [1.82, 2.24) is 0 Å². The highest BCUT2D eigenvalue weighted by atomic mass is 79.9. The Labute approximate surface area is 93.4 Å². The van der Waals surface area contributed by atoms with Crippen LogP contribution in [-0.4, -0.2) is 5.78 Å². The number of carbonyl (C=O) groups excluding carboxylic acids is 1. The Morgan fingerprint density at radius 2 is 1.87 bits per heavy atom. The van der Waals surface area contributed by atoms with Gasteiger partial charge in [0.1, 0.15) is 0 Å². The van der Waals surface area contributed by atoms with Gasteiger partial charge in [-0.1, -0.05) is 0 Å². The van der Waals surface area contributed by atoms with E-state index in [1.807, 2.05) is 0 Å². The van der Waals surface area contributed by atoms with Crippen LogP contribution in [0.4, 0.5) is 13.2 Å². The molecule has 0 bridgehead atoms. The Balaban J connectivity index is 3.49. The summed E-state index contributed by atoms with van der Waals surface area (Å²) in [7, 11) is 0. The molecule has 0 fully saturated rings. The van der Waals surface area contributed by atoms with E-state index in [4.69, 9.17) is 0 Å². The van der Waals surface area contributed by atoms with Gasteiger partial charge in [-0.15, -0.1) is 0 Å². The van der Waals surface area contributed by atoms with Crippen molar-refractivity contribution in [3.8, 4) is 0 Å². The summed E-state index contributed by atoms with van der Waals surface area (Å²) in [4.78, 5) is 11.1. The summed E-state index contributed by atoms with van der Waals surface area (Å²) in [6, 6.07) is 2.44. The number of carbonyl (C=O) groups is 1. The fourth-order valence-corrected chi connectivity index (χ4v) is 1.96. The minimum atomic E-state index is -4.45. The summed E-state index contributed by atoms with van der Waals surface area (Å²) in [6.45, 7) is 2.76. The van der Waals surface area contributed by atoms with E-state index in [1.54, 1.807) is 0 Å². The van der Waals surface area contributed by atoms with Crippen LogP contribution in [0.15, 0.2) is 16.6 Å². The van der Waals surface area contributed by atoms with Crippen LogP contribution in [-0.2, 0) is 6.18 Å². The number of Topliss-reactive ketones (excluding diaryl/α,β-unsaturated/α-hetero) is 1. The Hall–Kier alpha value is -0.840. The standard InChI is InChI=1S/C10H8BrF3O/c1-5-3-7(6(2)15)9(11)8(4-5)10(12,13)14/h3-4H,1-2H3. The van der Waals surface area contributed by atoms with Crippen molar-refractivity contribution < 1.29 is 18.0 Å². The van der Waals surface area contributed by atoms with Gasteiger partial charge in [-0.2, -0.15) is 13.2 Å². The smallest absolute Gasteiger partial charge is 0.294 e. The number of hydrogen-bond acceptors (Lipinski definition) is 1. The van der Waals surface area contributed by atoms with Crippen LogP contribution in [0.25, 0.3) is 0 Å². The molecule has 0 aliphatic carbocycles. The molecule has 0 N–H and O–H groups in total. The molecule has 1 nitrogen and oxygen atoms in total. The van der Waals surface area contributed by atoms with Gasteiger partial charge >= 0.3 is 6.18 Å². The van der Waals surface area contributed by atoms with Crippen LogP contribution in [0.1, 0.15) is 28.4 Å². The third kappa shape index (κ3) is 2.59. The average Bonchev–Trinajstić information content (AvgIpc) is 2.06. The van der Waals surface area contributed by atoms with Crippen LogP contribution in [0, 0.1) is 6.92 Å². The zero-order chi connectivity index (χ0) is 11.8. The molecule has 15 heavy (non-hydrogen) atoms. The molecular weight excluding hydrogens is 273 g/mol. The van der Waals surface area contributed by atoms with Gasteiger partial charge in [-0.3, -0.25) is 4.79 Å². The van der Waals surface area contributed by atoms with Crippen LogP contribution in [0.3, 0.4) is 0 Å². The number of alkyl halides is 3. The number of benzene rings is 1. The maximum Gasteiger partial charge on any atom is 0.417 e. The first-order valence-electron chi connectivity index (χ1n) is 4.11. The SMILES string of the molecule is CC(=O)c1cc(C)cc(C(F)(F)F)c1Br. The zero-order valence-corrected chi connectivity index (χ0v) is 9.66. The van der Waals surface area contributed by atoms with Gasteiger partial charge in [-0.05, 0) is 47.5 Å². The second kappa shape index (κ2) is 3.96. The van der Waals surface area contributed by atoms with Gasteiger partial charge in [0, 0.05) is 10.0 Å². The van der Waals surface area contributed by atoms with Gasteiger partial charge in [0.05, 0.1) is 5.56 Å². The van der Waals surface area contributed by atoms with Crippen LogP contribution in [0.2, 0.25) is 0 Å². The lowest BCUT2D eigenvalue weighted by Gasteiger charge is -2.12. The Morgan fingerprint density at radius 1 is 1.33 bits per heavy atom. The van der Waals surface area contributed by atoms with E-state index in [0.717, 1.165) is 6.07 Å². The fraction of sp³-hybridized carbons (Fsp3) is 0.300. The van der Waals surface area contributed by atoms with E-state index in [9.17, 15) is 18.0 Å². The molecule has 1 rings (SSSR count). The molecule has 0 aromatic heterocycles. The van der Waals surface area contributed by atoms with Gasteiger partial charge < -0.3 is 0 Å². The number of halogens is 4. The minimum absolute atomic E-state index is 0.0577. The first-order chi connectivity index (χ1) is 6.73. The summed E-state index contributed by atoms with van der Waals surface area (Å²) < 4.78 is 37.4. The van der Waals surface area contributed by atoms with Crippen LogP contribution < -0.4 is 0 Å². The van der Waals surface area contributed by atoms with E-state index in [1.165, 1.54) is 19.9 Å². The largest absolute Gasteiger partial charge is 0.417 e. The lowest BCUT2D eigenvalue weighted by atomic mass is 10.0. The highest BCUT2D eigenvalue weighted by Gasteiger charge is 2.34. The van der Waals surface area contributed by atoms with Gasteiger partial charge in [0.15, 0.2) is 5.78 Å². The highest BCUT2D eigenvalue weighted by molar-refractivity contribution is 9.10. The molecule has 0 aliphatic rings. The van der Waals surface area contributed by atoms with Crippen molar-refractivity contribution in [2.45, 2.75) is 20.0 Å². The van der Waals surface area contributed by atoms with E-state index in [-0.39, 0.29) is 10.0 Å². The van der Waals surface area contributed by atoms with E-state index < -0.39 is 17.5 Å². The maximum absolute atomic E-state index is 12.5. The molecule has 1 aromatic rings. The van der Waals surface area contributed by atoms with Crippen molar-refractivity contribution in [3.63, 3.8) is 0 Å². The summed E-state index contributed by atoms with van der Waals surface area (Å²) in [6.07, 6.45) is -4.45. The number of aryl methyl sites for hydroxylation is 1. The Bertz CT molecular complexity index is 410. The molecule has 0 saturated carbocycles. The lowest BCUT2D eigenvalue weighted by molar-refractivity contribution is -0.138. The quantitative estimate of drug-likeness (QED) is 0.711. The van der Waals surface area contributed by atoms with Gasteiger partial charge in [0.25, 0.3) is 0 Å². The third-order valence-electron chi connectivity index (χ3n) is 1.90. The molecule has 0 atom stereocenters. The summed E-state index contributed by atoms with van der Waals surface area (Å²) in [5.74, 6) is -0.393. The molecule has 82 valence electrons. The van der Waals surface area contributed by atoms with Crippen molar-refractivity contribution >= 4 is 21.7 Å². The molecule has 0 spiro atoms. The topological polar surface area (TPSA) is 17.1 Å². The first kappa shape index (κ1) is 12.2. The minimum Gasteiger partial charge on any atom is -0.294 e. The van der Waals surface area contributed by atoms with Crippen molar-refractivity contribution in [2.24, 2.45) is 0 Å². The molecule has 0 saturated heterocycles. The molecule has 1 aromatic carbocycles. The zero-order valence-electron chi connectivity index (χ0n) is 8.07. The second-order valence-electron chi connectivity index (χ2n) is 3.23. The van der Waals surface area contributed by atoms with Crippen molar-refractivity contribution in [2.75, 3.05) is 0 Å². The van der Waals surface area contributed by atoms with E-state index in [0.29, 0.717) is 5.56 Å². The average molecular weight is 281 g/mol. The molecule has 0 heterocycles. The summed E-state index contributed by atoms with van der Waals surface area (Å²) >= 11 is 2.81. The number of hydrogen-bond donors (Lipinski definition) is 0. The molecule has 0 radical (unpaired) electrons. The van der Waals surface area contributed by atoms with Crippen molar-refractivity contribution in [3.05, 3.63) is 33.3 Å². The van der Waals surface area contributed by atoms with E-state index in [2.05, 4.69) is 15.9 Å². The van der Waals surface area contributed by atoms with Crippen LogP contribution in [0.5, 0.6) is 0 Å². The summed E-state index contributed by atoms with van der Waals surface area (Å²) in [5.41, 5.74) is -0.342. The number of ketones is 1. The maximum atomic E-state index is 12.5. The van der Waals surface area contributed by atoms with Crippen molar-refractivity contribution in [1.29, 1.82) is 0 Å². The first-order valence-corrected chi connectivity index (χ1v) is 4.91. The predicted octanol–water partition coefficient (Wildman–Crippen LogP) is 3.98. The molecular formula is C10H8BrF3O. The Morgan fingerprint density at radius 3 is 2.27 bits per heavy atom. The number of rotatable bonds is 1. The summed E-state index contributed by atoms with van der Waals surface area (Å²) in [5, 5.41) is 0. The monoisotopic (exact) mass is 280 g/mol. The Kier molecular flexibility index (Phi) is 3.23. The lowest BCUT2D eigenvalue weighted by Crippen LogP contribution is -2.09. The van der Waals surface area contributed by atoms with Crippen LogP contribution >= 0.6 is 15.9 Å². The molecule has 0 aliphatic heterocycles. The highest BCUT2D eigenvalue weighted by Crippen LogP contribution is 2.37. The second-order valence-corrected chi connectivity index (χ2v) is 4.02. The molecule has 5 heteroatoms. The predicted molar refractivity (Wildman–Crippen MR) is 53.9 cm³/mol. The fourth-order valence-electron chi connectivity index (χ4n) is 1.23.